The minimum Gasteiger partial charge on any atom is -0.285 e. The molecule has 2 amide bonds. The van der Waals surface area contributed by atoms with E-state index in [-0.39, 0.29) is 0 Å². The highest BCUT2D eigenvalue weighted by molar-refractivity contribution is 5.94. The highest BCUT2D eigenvalue weighted by Crippen LogP contribution is 2.27. The largest absolute Gasteiger partial charge is 0.285 e. The topological polar surface area (TPSA) is 81.1 Å². The average Bonchev–Trinajstić information content (AvgIpc) is 2.73. The number of amides is 2. The molecule has 1 aliphatic carbocycles. The highest BCUT2D eigenvalue weighted by Gasteiger charge is 2.38. The van der Waals surface area contributed by atoms with Crippen molar-refractivity contribution in [3.05, 3.63) is 71.8 Å². The van der Waals surface area contributed by atoms with Crippen LogP contribution in [0.5, 0.6) is 0 Å². The summed E-state index contributed by atoms with van der Waals surface area (Å²) in [4.78, 5) is 25.1. The molecule has 2 aromatic carbocycles. The molecule has 1 aliphatic rings. The van der Waals surface area contributed by atoms with E-state index in [0.717, 1.165) is 12.8 Å². The fourth-order valence-corrected chi connectivity index (χ4v) is 3.39. The van der Waals surface area contributed by atoms with Crippen LogP contribution in [0.1, 0.15) is 46.4 Å². The number of nitrogens with zero attached hydrogens (tertiary/aromatic N) is 2. The van der Waals surface area contributed by atoms with Crippen molar-refractivity contribution in [3.63, 3.8) is 0 Å². The van der Waals surface area contributed by atoms with Gasteiger partial charge in [-0.2, -0.15) is 0 Å². The van der Waals surface area contributed by atoms with E-state index in [9.17, 15) is 20.0 Å². The Hall–Kier alpha value is -2.70. The van der Waals surface area contributed by atoms with Crippen molar-refractivity contribution in [3.8, 4) is 0 Å². The van der Waals surface area contributed by atoms with Gasteiger partial charge in [0.1, 0.15) is 0 Å². The predicted octanol–water partition coefficient (Wildman–Crippen LogP) is 3.36. The van der Waals surface area contributed by atoms with Crippen LogP contribution in [0.2, 0.25) is 0 Å². The van der Waals surface area contributed by atoms with Gasteiger partial charge >= 0.3 is 0 Å². The lowest BCUT2D eigenvalue weighted by molar-refractivity contribution is -0.163. The minimum atomic E-state index is -0.658. The first kappa shape index (κ1) is 18.1. The van der Waals surface area contributed by atoms with Crippen LogP contribution in [0.15, 0.2) is 60.7 Å². The second-order valence-electron chi connectivity index (χ2n) is 6.45. The standard InChI is InChI=1S/C20H22N2O4/c23-19(15-9-3-1-4-10-15)21(25)17-13-7-8-14-18(17)22(26)20(24)16-11-5-2-6-12-16/h1-6,9-12,17-18,25-26H,7-8,13-14H2/t17-,18?/m1/s1. The lowest BCUT2D eigenvalue weighted by Crippen LogP contribution is -2.54. The quantitative estimate of drug-likeness (QED) is 0.652. The van der Waals surface area contributed by atoms with E-state index in [0.29, 0.717) is 34.1 Å². The summed E-state index contributed by atoms with van der Waals surface area (Å²) in [5.41, 5.74) is 0.719. The van der Waals surface area contributed by atoms with Crippen LogP contribution in [0.3, 0.4) is 0 Å². The molecular weight excluding hydrogens is 332 g/mol. The Bertz CT molecular complexity index is 685. The van der Waals surface area contributed by atoms with Crippen molar-refractivity contribution in [2.24, 2.45) is 0 Å². The number of hydrogen-bond donors (Lipinski definition) is 2. The van der Waals surface area contributed by atoms with Gasteiger partial charge in [-0.25, -0.2) is 10.1 Å². The second kappa shape index (κ2) is 8.12. The molecule has 2 N–H and O–H groups in total. The molecule has 1 saturated carbocycles. The van der Waals surface area contributed by atoms with Gasteiger partial charge in [-0.3, -0.25) is 20.0 Å². The van der Waals surface area contributed by atoms with Crippen LogP contribution in [-0.2, 0) is 0 Å². The fraction of sp³-hybridized carbons (Fsp3) is 0.300. The fourth-order valence-electron chi connectivity index (χ4n) is 3.39. The van der Waals surface area contributed by atoms with Gasteiger partial charge in [0.15, 0.2) is 0 Å². The van der Waals surface area contributed by atoms with E-state index >= 15 is 0 Å². The lowest BCUT2D eigenvalue weighted by Gasteiger charge is -2.39. The third-order valence-electron chi connectivity index (χ3n) is 4.78. The smallest absolute Gasteiger partial charge is 0.277 e. The lowest BCUT2D eigenvalue weighted by atomic mass is 9.89. The Kier molecular flexibility index (Phi) is 5.65. The summed E-state index contributed by atoms with van der Waals surface area (Å²) in [5, 5.41) is 22.3. The van der Waals surface area contributed by atoms with Crippen molar-refractivity contribution in [1.29, 1.82) is 0 Å². The van der Waals surface area contributed by atoms with E-state index in [4.69, 9.17) is 0 Å². The SMILES string of the molecule is O=C(c1ccccc1)N(O)C1CCCC[C@H]1N(O)C(=O)c1ccccc1. The molecule has 0 spiro atoms. The summed E-state index contributed by atoms with van der Waals surface area (Å²) in [5.74, 6) is -1.08. The molecule has 1 unspecified atom stereocenters. The summed E-state index contributed by atoms with van der Waals surface area (Å²) >= 11 is 0. The van der Waals surface area contributed by atoms with Gasteiger partial charge < -0.3 is 0 Å². The van der Waals surface area contributed by atoms with Crippen LogP contribution < -0.4 is 0 Å². The molecule has 0 radical (unpaired) electrons. The first-order valence-electron chi connectivity index (χ1n) is 8.74. The van der Waals surface area contributed by atoms with Crippen LogP contribution in [0.25, 0.3) is 0 Å². The summed E-state index contributed by atoms with van der Waals surface area (Å²) < 4.78 is 0. The number of hydrogen-bond acceptors (Lipinski definition) is 4. The van der Waals surface area contributed by atoms with Crippen molar-refractivity contribution in [2.45, 2.75) is 37.8 Å². The molecule has 2 aromatic rings. The number of carbonyl (C=O) groups is 2. The zero-order valence-corrected chi connectivity index (χ0v) is 14.4. The first-order valence-corrected chi connectivity index (χ1v) is 8.74. The monoisotopic (exact) mass is 354 g/mol. The minimum absolute atomic E-state index is 0.359. The Morgan fingerprint density at radius 1 is 0.692 bits per heavy atom. The number of hydroxylamine groups is 4. The number of benzene rings is 2. The summed E-state index contributed by atoms with van der Waals surface area (Å²) in [6.07, 6.45) is 2.65. The molecule has 2 atom stereocenters. The van der Waals surface area contributed by atoms with E-state index in [1.54, 1.807) is 60.7 Å². The summed E-state index contributed by atoms with van der Waals surface area (Å²) in [6, 6.07) is 15.6. The van der Waals surface area contributed by atoms with Gasteiger partial charge in [0.05, 0.1) is 12.1 Å². The van der Waals surface area contributed by atoms with Crippen LogP contribution >= 0.6 is 0 Å². The molecule has 3 rings (SSSR count). The molecule has 6 nitrogen and oxygen atoms in total. The molecule has 26 heavy (non-hydrogen) atoms. The van der Waals surface area contributed by atoms with Crippen molar-refractivity contribution in [1.82, 2.24) is 10.1 Å². The molecule has 0 aliphatic heterocycles. The molecule has 0 heterocycles. The number of rotatable bonds is 4. The van der Waals surface area contributed by atoms with Gasteiger partial charge in [0, 0.05) is 11.1 Å². The molecule has 0 bridgehead atoms. The van der Waals surface area contributed by atoms with Crippen LogP contribution in [-0.4, -0.2) is 44.4 Å². The maximum absolute atomic E-state index is 12.5. The summed E-state index contributed by atoms with van der Waals surface area (Å²) in [6.45, 7) is 0. The molecule has 0 aromatic heterocycles. The maximum Gasteiger partial charge on any atom is 0.277 e. The molecule has 6 heteroatoms. The highest BCUT2D eigenvalue weighted by atomic mass is 16.5. The average molecular weight is 354 g/mol. The predicted molar refractivity (Wildman–Crippen MR) is 94.8 cm³/mol. The zero-order valence-electron chi connectivity index (χ0n) is 14.4. The number of carbonyl (C=O) groups excluding carboxylic acids is 2. The Balaban J connectivity index is 1.79. The zero-order chi connectivity index (χ0) is 18.5. The molecular formula is C20H22N2O4. The van der Waals surface area contributed by atoms with Crippen molar-refractivity contribution >= 4 is 11.8 Å². The van der Waals surface area contributed by atoms with Gasteiger partial charge in [-0.1, -0.05) is 49.2 Å². The normalized spacial score (nSPS) is 19.6. The van der Waals surface area contributed by atoms with Crippen LogP contribution in [0, 0.1) is 0 Å². The summed E-state index contributed by atoms with van der Waals surface area (Å²) in [7, 11) is 0. The Labute approximate surface area is 152 Å². The Morgan fingerprint density at radius 2 is 1.04 bits per heavy atom. The van der Waals surface area contributed by atoms with E-state index in [2.05, 4.69) is 0 Å². The van der Waals surface area contributed by atoms with Crippen LogP contribution in [0.4, 0.5) is 0 Å². The van der Waals surface area contributed by atoms with E-state index in [1.165, 1.54) is 0 Å². The van der Waals surface area contributed by atoms with Crippen molar-refractivity contribution < 1.29 is 20.0 Å². The molecule has 136 valence electrons. The second-order valence-corrected chi connectivity index (χ2v) is 6.45. The Morgan fingerprint density at radius 3 is 1.38 bits per heavy atom. The van der Waals surface area contributed by atoms with Crippen molar-refractivity contribution in [2.75, 3.05) is 0 Å². The third kappa shape index (κ3) is 3.76. The third-order valence-corrected chi connectivity index (χ3v) is 4.78. The van der Waals surface area contributed by atoms with Gasteiger partial charge in [-0.05, 0) is 37.1 Å². The first-order chi connectivity index (χ1) is 12.6. The van der Waals surface area contributed by atoms with Gasteiger partial charge in [0.25, 0.3) is 11.8 Å². The van der Waals surface area contributed by atoms with E-state index in [1.807, 2.05) is 0 Å². The van der Waals surface area contributed by atoms with Gasteiger partial charge in [-0.15, -0.1) is 0 Å². The molecule has 0 saturated heterocycles. The van der Waals surface area contributed by atoms with Gasteiger partial charge in [0.2, 0.25) is 0 Å². The maximum atomic E-state index is 12.5. The van der Waals surface area contributed by atoms with E-state index < -0.39 is 23.9 Å². The molecule has 1 fully saturated rings.